The molecule has 0 amide bonds. The van der Waals surface area contributed by atoms with Crippen molar-refractivity contribution < 1.29 is 28.6 Å². The van der Waals surface area contributed by atoms with Crippen LogP contribution in [-0.4, -0.2) is 37.2 Å². The summed E-state index contributed by atoms with van der Waals surface area (Å²) >= 11 is 0. The molecule has 0 aromatic heterocycles. The molecule has 0 aliphatic carbocycles. The van der Waals surface area contributed by atoms with Crippen LogP contribution in [0.4, 0.5) is 0 Å². The summed E-state index contributed by atoms with van der Waals surface area (Å²) in [7, 11) is 0. The maximum Gasteiger partial charge on any atom is 0.306 e. The lowest BCUT2D eigenvalue weighted by atomic mass is 10.1. The molecule has 0 heterocycles. The fraction of sp³-hybridized carbons (Fsp3) is 0.523. The van der Waals surface area contributed by atoms with E-state index < -0.39 is 12.1 Å². The molecule has 1 atom stereocenters. The van der Waals surface area contributed by atoms with E-state index in [-0.39, 0.29) is 38.0 Å². The van der Waals surface area contributed by atoms with Crippen molar-refractivity contribution in [2.24, 2.45) is 0 Å². The van der Waals surface area contributed by atoms with E-state index in [2.05, 4.69) is 179 Å². The van der Waals surface area contributed by atoms with Crippen LogP contribution < -0.4 is 0 Å². The zero-order valence-corrected chi connectivity index (χ0v) is 44.9. The van der Waals surface area contributed by atoms with Gasteiger partial charge in [-0.3, -0.25) is 14.4 Å². The van der Waals surface area contributed by atoms with Crippen molar-refractivity contribution in [2.75, 3.05) is 13.2 Å². The Bertz CT molecular complexity index is 1690. The minimum absolute atomic E-state index is 0.136. The van der Waals surface area contributed by atoms with Gasteiger partial charge >= 0.3 is 17.9 Å². The lowest BCUT2D eigenvalue weighted by Crippen LogP contribution is -2.30. The summed E-state index contributed by atoms with van der Waals surface area (Å²) in [6, 6.07) is 0. The van der Waals surface area contributed by atoms with E-state index >= 15 is 0 Å². The van der Waals surface area contributed by atoms with E-state index in [1.807, 2.05) is 12.2 Å². The fourth-order valence-corrected chi connectivity index (χ4v) is 6.62. The molecule has 71 heavy (non-hydrogen) atoms. The first-order valence-corrected chi connectivity index (χ1v) is 27.6. The Kier molecular flexibility index (Phi) is 53.1. The van der Waals surface area contributed by atoms with E-state index in [0.717, 1.165) is 141 Å². The van der Waals surface area contributed by atoms with Crippen molar-refractivity contribution in [2.45, 2.75) is 207 Å². The summed E-state index contributed by atoms with van der Waals surface area (Å²) < 4.78 is 16.7. The van der Waals surface area contributed by atoms with Crippen LogP contribution in [0, 0.1) is 0 Å². The summed E-state index contributed by atoms with van der Waals surface area (Å²) in [4.78, 5) is 38.0. The second-order valence-corrected chi connectivity index (χ2v) is 17.4. The van der Waals surface area contributed by atoms with Crippen molar-refractivity contribution in [1.29, 1.82) is 0 Å². The van der Waals surface area contributed by atoms with Gasteiger partial charge in [-0.05, 0) is 135 Å². The first kappa shape index (κ1) is 65.8. The van der Waals surface area contributed by atoms with Gasteiger partial charge in [0.1, 0.15) is 13.2 Å². The van der Waals surface area contributed by atoms with Crippen LogP contribution in [0.1, 0.15) is 201 Å². The summed E-state index contributed by atoms with van der Waals surface area (Å²) in [6.45, 7) is 6.20. The van der Waals surface area contributed by atoms with Crippen LogP contribution in [-0.2, 0) is 28.6 Å². The number of carbonyl (C=O) groups excluding carboxylic acids is 3. The monoisotopic (exact) mass is 975 g/mol. The Hall–Kier alpha value is -5.23. The summed E-state index contributed by atoms with van der Waals surface area (Å²) in [5.74, 6) is -1.09. The van der Waals surface area contributed by atoms with E-state index in [9.17, 15) is 14.4 Å². The third-order valence-electron chi connectivity index (χ3n) is 10.7. The van der Waals surface area contributed by atoms with Gasteiger partial charge in [0.15, 0.2) is 6.10 Å². The van der Waals surface area contributed by atoms with Crippen LogP contribution in [0.3, 0.4) is 0 Å². The number of rotatable bonds is 47. The lowest BCUT2D eigenvalue weighted by Gasteiger charge is -2.18. The second kappa shape index (κ2) is 57.3. The maximum absolute atomic E-state index is 12.8. The Morgan fingerprint density at radius 3 is 0.944 bits per heavy atom. The van der Waals surface area contributed by atoms with Crippen molar-refractivity contribution in [1.82, 2.24) is 0 Å². The highest BCUT2D eigenvalue weighted by Crippen LogP contribution is 2.11. The van der Waals surface area contributed by atoms with Crippen molar-refractivity contribution >= 4 is 17.9 Å². The minimum atomic E-state index is -0.849. The predicted molar refractivity (Wildman–Crippen MR) is 306 cm³/mol. The van der Waals surface area contributed by atoms with Crippen LogP contribution in [0.5, 0.6) is 0 Å². The molecule has 1 unspecified atom stereocenters. The Labute approximate surface area is 434 Å². The van der Waals surface area contributed by atoms with Crippen molar-refractivity contribution in [3.8, 4) is 0 Å². The highest BCUT2D eigenvalue weighted by Gasteiger charge is 2.19. The first-order valence-electron chi connectivity index (χ1n) is 27.6. The summed E-state index contributed by atoms with van der Waals surface area (Å²) in [5, 5.41) is 0. The topological polar surface area (TPSA) is 78.9 Å². The molecule has 0 N–H and O–H groups in total. The lowest BCUT2D eigenvalue weighted by molar-refractivity contribution is -0.166. The van der Waals surface area contributed by atoms with Gasteiger partial charge in [-0.15, -0.1) is 0 Å². The van der Waals surface area contributed by atoms with Crippen molar-refractivity contribution in [3.63, 3.8) is 0 Å². The van der Waals surface area contributed by atoms with Crippen molar-refractivity contribution in [3.05, 3.63) is 170 Å². The average Bonchev–Trinajstić information content (AvgIpc) is 3.37. The normalized spacial score (nSPS) is 13.5. The number of allylic oxidation sites excluding steroid dienone is 28. The number of hydrogen-bond acceptors (Lipinski definition) is 6. The van der Waals surface area contributed by atoms with Gasteiger partial charge < -0.3 is 14.2 Å². The number of hydrogen-bond donors (Lipinski definition) is 0. The number of ether oxygens (including phenoxy) is 3. The molecular weight excluding hydrogens is 877 g/mol. The highest BCUT2D eigenvalue weighted by atomic mass is 16.6. The second-order valence-electron chi connectivity index (χ2n) is 17.4. The molecule has 0 radical (unpaired) electrons. The summed E-state index contributed by atoms with van der Waals surface area (Å²) in [6.07, 6.45) is 85.1. The number of carbonyl (C=O) groups is 3. The highest BCUT2D eigenvalue weighted by molar-refractivity contribution is 5.71. The Morgan fingerprint density at radius 2 is 0.577 bits per heavy atom. The number of unbranched alkanes of at least 4 members (excludes halogenated alkanes) is 8. The molecule has 0 saturated heterocycles. The van der Waals surface area contributed by atoms with Gasteiger partial charge in [0, 0.05) is 19.3 Å². The molecule has 0 aliphatic heterocycles. The molecular formula is C65H98O6. The average molecular weight is 975 g/mol. The largest absolute Gasteiger partial charge is 0.462 e. The number of esters is 3. The fourth-order valence-electron chi connectivity index (χ4n) is 6.62. The zero-order valence-electron chi connectivity index (χ0n) is 44.9. The third kappa shape index (κ3) is 55.6. The molecule has 0 fully saturated rings. The Balaban J connectivity index is 4.50. The van der Waals surface area contributed by atoms with Gasteiger partial charge in [-0.1, -0.05) is 217 Å². The molecule has 0 bridgehead atoms. The third-order valence-corrected chi connectivity index (χ3v) is 10.7. The molecule has 0 spiro atoms. The van der Waals surface area contributed by atoms with Gasteiger partial charge in [-0.2, -0.15) is 0 Å². The van der Waals surface area contributed by atoms with Gasteiger partial charge in [0.2, 0.25) is 0 Å². The predicted octanol–water partition coefficient (Wildman–Crippen LogP) is 18.8. The molecule has 0 aromatic carbocycles. The Morgan fingerprint density at radius 1 is 0.296 bits per heavy atom. The quantitative estimate of drug-likeness (QED) is 0.0262. The zero-order chi connectivity index (χ0) is 51.4. The molecule has 0 aliphatic rings. The molecule has 394 valence electrons. The van der Waals surface area contributed by atoms with Crippen LogP contribution in [0.2, 0.25) is 0 Å². The summed E-state index contributed by atoms with van der Waals surface area (Å²) in [5.41, 5.74) is 0. The molecule has 0 rings (SSSR count). The maximum atomic E-state index is 12.8. The van der Waals surface area contributed by atoms with E-state index in [1.54, 1.807) is 0 Å². The minimum Gasteiger partial charge on any atom is -0.462 e. The van der Waals surface area contributed by atoms with Gasteiger partial charge in [-0.25, -0.2) is 0 Å². The smallest absolute Gasteiger partial charge is 0.306 e. The van der Waals surface area contributed by atoms with Gasteiger partial charge in [0.05, 0.1) is 0 Å². The molecule has 0 aromatic rings. The van der Waals surface area contributed by atoms with Crippen LogP contribution in [0.25, 0.3) is 0 Å². The van der Waals surface area contributed by atoms with E-state index in [1.165, 1.54) is 6.42 Å². The molecule has 6 nitrogen and oxygen atoms in total. The molecule has 6 heteroatoms. The van der Waals surface area contributed by atoms with Crippen LogP contribution >= 0.6 is 0 Å². The van der Waals surface area contributed by atoms with E-state index in [0.29, 0.717) is 19.3 Å². The van der Waals surface area contributed by atoms with E-state index in [4.69, 9.17) is 14.2 Å². The van der Waals surface area contributed by atoms with Crippen LogP contribution in [0.15, 0.2) is 170 Å². The molecule has 0 saturated carbocycles. The SMILES string of the molecule is CC/C=C\C/C=C\C/C=C\C/C=C\C/C=C\C/C=C\C/C=C\C/C=C\CCCCC(=O)OCC(COC(=O)CCCCCCC/C=C\C/C=C\CCC)OC(=O)CC/C=C\C/C=C\C/C=C\C/C=C\CC. The standard InChI is InChI=1S/C65H98O6/c1-4-7-10-13-16-19-22-25-26-27-28-29-30-31-32-33-34-35-36-37-38-41-43-46-49-52-55-58-64(67)70-61-62(71-65(68)59-56-53-50-47-44-40-24-21-18-15-12-9-6-3)60-69-63(66)57-54-51-48-45-42-39-23-20-17-14-11-8-5-2/h7,9-12,14,16,18-21,23,25-26,28-29,31-32,34-35,37-38,40,43-44,46,50,53,62H,4-6,8,13,15,17,22,24,27,30,33,36,39,41-42,45,47-49,51-52,54-61H2,1-3H3/b10-7-,12-9-,14-11-,19-16-,21-18-,23-20-,26-25-,29-28-,32-31-,35-34-,38-37-,44-40-,46-43-,53-50-. The first-order chi connectivity index (χ1) is 35.0. The van der Waals surface area contributed by atoms with Gasteiger partial charge in [0.25, 0.3) is 0 Å².